The van der Waals surface area contributed by atoms with Crippen LogP contribution in [0.25, 0.3) is 0 Å². The molecule has 0 fully saturated rings. The Balaban J connectivity index is 4.67. The van der Waals surface area contributed by atoms with Crippen molar-refractivity contribution in [2.45, 2.75) is 20.3 Å². The average Bonchev–Trinajstić information content (AvgIpc) is 1.98. The summed E-state index contributed by atoms with van der Waals surface area (Å²) in [5.41, 5.74) is 0.685. The lowest BCUT2D eigenvalue weighted by Gasteiger charge is -1.93. The van der Waals surface area contributed by atoms with Crippen LogP contribution in [0.3, 0.4) is 0 Å². The van der Waals surface area contributed by atoms with Crippen LogP contribution >= 0.6 is 0 Å². The maximum absolute atomic E-state index is 13.0. The van der Waals surface area contributed by atoms with E-state index in [1.807, 2.05) is 6.92 Å². The first-order valence-electron chi connectivity index (χ1n) is 3.75. The van der Waals surface area contributed by atoms with E-state index in [9.17, 15) is 4.39 Å². The van der Waals surface area contributed by atoms with Gasteiger partial charge in [0.15, 0.2) is 0 Å². The molecule has 0 saturated heterocycles. The van der Waals surface area contributed by atoms with Crippen LogP contribution in [0.1, 0.15) is 20.3 Å². The first-order valence-corrected chi connectivity index (χ1v) is 3.75. The number of hydrogen-bond acceptors (Lipinski definition) is 1. The molecule has 2 heteroatoms. The third-order valence-electron chi connectivity index (χ3n) is 1.16. The van der Waals surface area contributed by atoms with Crippen molar-refractivity contribution < 1.29 is 4.39 Å². The van der Waals surface area contributed by atoms with Crippen molar-refractivity contribution in [3.63, 3.8) is 0 Å². The van der Waals surface area contributed by atoms with Gasteiger partial charge in [0.25, 0.3) is 0 Å². The lowest BCUT2D eigenvalue weighted by molar-refractivity contribution is 0.656. The number of hydrogen-bond donors (Lipinski definition) is 0. The smallest absolute Gasteiger partial charge is 0.140 e. The third kappa shape index (κ3) is 3.72. The number of nitriles is 1. The summed E-state index contributed by atoms with van der Waals surface area (Å²) in [5.74, 6) is -0.508. The van der Waals surface area contributed by atoms with Crippen molar-refractivity contribution in [3.8, 4) is 6.07 Å². The van der Waals surface area contributed by atoms with Crippen molar-refractivity contribution in [2.24, 2.45) is 0 Å². The highest BCUT2D eigenvalue weighted by molar-refractivity contribution is 5.40. The molecule has 0 aromatic heterocycles. The van der Waals surface area contributed by atoms with Gasteiger partial charge in [-0.1, -0.05) is 25.2 Å². The van der Waals surface area contributed by atoms with Gasteiger partial charge in [0.2, 0.25) is 0 Å². The van der Waals surface area contributed by atoms with Crippen molar-refractivity contribution >= 4 is 0 Å². The van der Waals surface area contributed by atoms with Crippen LogP contribution in [0.15, 0.2) is 35.7 Å². The Labute approximate surface area is 72.5 Å². The molecule has 0 spiro atoms. The van der Waals surface area contributed by atoms with Crippen LogP contribution in [0.2, 0.25) is 0 Å². The fourth-order valence-corrected chi connectivity index (χ4v) is 0.695. The van der Waals surface area contributed by atoms with Crippen molar-refractivity contribution in [1.29, 1.82) is 5.26 Å². The molecule has 12 heavy (non-hydrogen) atoms. The topological polar surface area (TPSA) is 23.8 Å². The minimum atomic E-state index is -0.508. The maximum atomic E-state index is 13.0. The molecule has 0 heterocycles. The summed E-state index contributed by atoms with van der Waals surface area (Å²) in [5, 5.41) is 8.51. The zero-order valence-corrected chi connectivity index (χ0v) is 7.39. The minimum absolute atomic E-state index is 0.0838. The minimum Gasteiger partial charge on any atom is -0.206 e. The van der Waals surface area contributed by atoms with E-state index >= 15 is 0 Å². The van der Waals surface area contributed by atoms with Gasteiger partial charge in [-0.15, -0.1) is 0 Å². The zero-order chi connectivity index (χ0) is 9.56. The van der Waals surface area contributed by atoms with E-state index in [1.165, 1.54) is 6.08 Å². The van der Waals surface area contributed by atoms with E-state index in [4.69, 9.17) is 5.26 Å². The van der Waals surface area contributed by atoms with Crippen molar-refractivity contribution in [1.82, 2.24) is 0 Å². The molecule has 64 valence electrons. The molecular weight excluding hydrogens is 153 g/mol. The largest absolute Gasteiger partial charge is 0.206 e. The molecule has 0 aliphatic heterocycles. The first-order chi connectivity index (χ1) is 5.61. The Kier molecular flexibility index (Phi) is 4.71. The number of halogens is 1. The van der Waals surface area contributed by atoms with E-state index in [0.29, 0.717) is 12.0 Å². The van der Waals surface area contributed by atoms with Crippen LogP contribution in [-0.2, 0) is 0 Å². The Morgan fingerprint density at radius 2 is 2.25 bits per heavy atom. The summed E-state index contributed by atoms with van der Waals surface area (Å²) in [6.07, 6.45) is 3.46. The molecule has 0 rings (SSSR count). The standard InChI is InChI=1S/C10H12FN/c1-4-5-9(7-12)10(11)6-8(2)3/h5-6H,2,4H2,1,3H3/b9-5-,10-6+. The van der Waals surface area contributed by atoms with Crippen LogP contribution < -0.4 is 0 Å². The van der Waals surface area contributed by atoms with Gasteiger partial charge in [0.1, 0.15) is 11.9 Å². The van der Waals surface area contributed by atoms with Gasteiger partial charge in [-0.05, 0) is 19.4 Å². The monoisotopic (exact) mass is 165 g/mol. The summed E-state index contributed by atoms with van der Waals surface area (Å²) < 4.78 is 13.0. The Hall–Kier alpha value is -1.36. The fourth-order valence-electron chi connectivity index (χ4n) is 0.695. The highest BCUT2D eigenvalue weighted by atomic mass is 19.1. The molecule has 0 atom stereocenters. The van der Waals surface area contributed by atoms with Gasteiger partial charge in [-0.25, -0.2) is 4.39 Å². The fraction of sp³-hybridized carbons (Fsp3) is 0.300. The van der Waals surface area contributed by atoms with Crippen LogP contribution in [-0.4, -0.2) is 0 Å². The van der Waals surface area contributed by atoms with Crippen molar-refractivity contribution in [3.05, 3.63) is 35.7 Å². The number of allylic oxidation sites excluding steroid dienone is 5. The first kappa shape index (κ1) is 10.6. The Bertz CT molecular complexity index is 266. The van der Waals surface area contributed by atoms with Gasteiger partial charge in [0, 0.05) is 0 Å². The van der Waals surface area contributed by atoms with E-state index < -0.39 is 5.83 Å². The second kappa shape index (κ2) is 5.31. The van der Waals surface area contributed by atoms with Gasteiger partial charge < -0.3 is 0 Å². The van der Waals surface area contributed by atoms with Crippen molar-refractivity contribution in [2.75, 3.05) is 0 Å². The second-order valence-corrected chi connectivity index (χ2v) is 2.48. The van der Waals surface area contributed by atoms with Gasteiger partial charge in [0.05, 0.1) is 5.57 Å². The van der Waals surface area contributed by atoms with E-state index in [2.05, 4.69) is 6.58 Å². The van der Waals surface area contributed by atoms with Gasteiger partial charge in [-0.2, -0.15) is 5.26 Å². The van der Waals surface area contributed by atoms with Gasteiger partial charge >= 0.3 is 0 Å². The molecule has 0 aliphatic rings. The molecule has 0 aliphatic carbocycles. The summed E-state index contributed by atoms with van der Waals surface area (Å²) in [4.78, 5) is 0. The number of rotatable bonds is 3. The Morgan fingerprint density at radius 3 is 2.58 bits per heavy atom. The van der Waals surface area contributed by atoms with Crippen LogP contribution in [0.5, 0.6) is 0 Å². The number of nitrogens with zero attached hydrogens (tertiary/aromatic N) is 1. The zero-order valence-electron chi connectivity index (χ0n) is 7.39. The molecule has 0 N–H and O–H groups in total. The maximum Gasteiger partial charge on any atom is 0.140 e. The molecule has 0 aromatic rings. The predicted octanol–water partition coefficient (Wildman–Crippen LogP) is 3.28. The summed E-state index contributed by atoms with van der Waals surface area (Å²) in [6, 6.07) is 1.78. The quantitative estimate of drug-likeness (QED) is 0.465. The third-order valence-corrected chi connectivity index (χ3v) is 1.16. The van der Waals surface area contributed by atoms with Crippen LogP contribution in [0, 0.1) is 11.3 Å². The lowest BCUT2D eigenvalue weighted by Crippen LogP contribution is -1.80. The van der Waals surface area contributed by atoms with Crippen LogP contribution in [0.4, 0.5) is 4.39 Å². The molecule has 0 unspecified atom stereocenters. The summed E-state index contributed by atoms with van der Waals surface area (Å²) >= 11 is 0. The predicted molar refractivity (Wildman–Crippen MR) is 48.0 cm³/mol. The summed E-state index contributed by atoms with van der Waals surface area (Å²) in [7, 11) is 0. The molecule has 1 nitrogen and oxygen atoms in total. The Morgan fingerprint density at radius 1 is 1.67 bits per heavy atom. The molecule has 0 saturated carbocycles. The molecular formula is C10H12FN. The normalized spacial score (nSPS) is 12.5. The average molecular weight is 165 g/mol. The summed E-state index contributed by atoms with van der Waals surface area (Å²) in [6.45, 7) is 7.05. The van der Waals surface area contributed by atoms with E-state index in [0.717, 1.165) is 0 Å². The molecule has 0 aromatic carbocycles. The second-order valence-electron chi connectivity index (χ2n) is 2.48. The highest BCUT2D eigenvalue weighted by Gasteiger charge is 2.00. The van der Waals surface area contributed by atoms with E-state index in [1.54, 1.807) is 19.1 Å². The molecule has 0 bridgehead atoms. The highest BCUT2D eigenvalue weighted by Crippen LogP contribution is 2.13. The lowest BCUT2D eigenvalue weighted by atomic mass is 10.2. The molecule has 0 amide bonds. The SMILES string of the molecule is C=C(C)/C=C(F)\C(C#N)=C/CC. The van der Waals surface area contributed by atoms with Gasteiger partial charge in [-0.3, -0.25) is 0 Å². The molecule has 0 radical (unpaired) electrons. The van der Waals surface area contributed by atoms with E-state index in [-0.39, 0.29) is 5.57 Å².